The summed E-state index contributed by atoms with van der Waals surface area (Å²) in [5.74, 6) is 0.771. The van der Waals surface area contributed by atoms with Gasteiger partial charge in [0.2, 0.25) is 0 Å². The highest BCUT2D eigenvalue weighted by molar-refractivity contribution is 7.09. The average molecular weight is 224 g/mol. The molecule has 0 spiro atoms. The Morgan fingerprint density at radius 2 is 2.27 bits per heavy atom. The Balaban J connectivity index is 2.00. The first-order valence-corrected chi connectivity index (χ1v) is 6.62. The number of rotatable bonds is 4. The van der Waals surface area contributed by atoms with E-state index in [0.717, 1.165) is 12.3 Å². The van der Waals surface area contributed by atoms with Crippen molar-refractivity contribution in [2.24, 2.45) is 0 Å². The third-order valence-electron chi connectivity index (χ3n) is 3.36. The van der Waals surface area contributed by atoms with E-state index in [1.165, 1.54) is 30.0 Å². The van der Waals surface area contributed by atoms with E-state index in [0.29, 0.717) is 0 Å². The Kier molecular flexibility index (Phi) is 3.12. The molecule has 3 heteroatoms. The van der Waals surface area contributed by atoms with Gasteiger partial charge < -0.3 is 5.32 Å². The van der Waals surface area contributed by atoms with Crippen molar-refractivity contribution in [3.63, 3.8) is 0 Å². The quantitative estimate of drug-likeness (QED) is 0.850. The van der Waals surface area contributed by atoms with E-state index in [-0.39, 0.29) is 5.54 Å². The van der Waals surface area contributed by atoms with Crippen LogP contribution in [0.25, 0.3) is 0 Å². The molecule has 2 nitrogen and oxygen atoms in total. The van der Waals surface area contributed by atoms with Crippen LogP contribution in [-0.2, 0) is 6.42 Å². The van der Waals surface area contributed by atoms with E-state index in [9.17, 15) is 0 Å². The molecule has 1 heterocycles. The van der Waals surface area contributed by atoms with E-state index in [1.54, 1.807) is 0 Å². The lowest BCUT2D eigenvalue weighted by atomic mass is 9.83. The number of hydrogen-bond donors (Lipinski definition) is 1. The summed E-state index contributed by atoms with van der Waals surface area (Å²) in [5.41, 5.74) is 1.50. The first kappa shape index (κ1) is 11.1. The minimum Gasteiger partial charge on any atom is -0.314 e. The van der Waals surface area contributed by atoms with Crippen LogP contribution in [0.15, 0.2) is 5.38 Å². The summed E-state index contributed by atoms with van der Waals surface area (Å²) in [7, 11) is 2.01. The van der Waals surface area contributed by atoms with Gasteiger partial charge in [-0.1, -0.05) is 6.42 Å². The molecule has 0 amide bonds. The van der Waals surface area contributed by atoms with E-state index in [1.807, 2.05) is 18.4 Å². The van der Waals surface area contributed by atoms with E-state index in [2.05, 4.69) is 24.5 Å². The normalized spacial score (nSPS) is 17.8. The van der Waals surface area contributed by atoms with Gasteiger partial charge in [0.05, 0.1) is 10.7 Å². The molecule has 0 atom stereocenters. The zero-order valence-electron chi connectivity index (χ0n) is 9.84. The largest absolute Gasteiger partial charge is 0.314 e. The van der Waals surface area contributed by atoms with Gasteiger partial charge in [-0.3, -0.25) is 0 Å². The van der Waals surface area contributed by atoms with Crippen LogP contribution in [-0.4, -0.2) is 17.6 Å². The second kappa shape index (κ2) is 4.22. The highest BCUT2D eigenvalue weighted by Crippen LogP contribution is 2.36. The minimum atomic E-state index is 0.161. The summed E-state index contributed by atoms with van der Waals surface area (Å²) >= 11 is 1.82. The van der Waals surface area contributed by atoms with Crippen LogP contribution >= 0.6 is 11.3 Å². The summed E-state index contributed by atoms with van der Waals surface area (Å²) in [4.78, 5) is 4.74. The predicted molar refractivity (Wildman–Crippen MR) is 65.5 cm³/mol. The van der Waals surface area contributed by atoms with Crippen LogP contribution in [0.5, 0.6) is 0 Å². The molecule has 1 aromatic rings. The maximum absolute atomic E-state index is 4.74. The Hall–Kier alpha value is -0.410. The zero-order valence-corrected chi connectivity index (χ0v) is 10.7. The molecule has 0 unspecified atom stereocenters. The van der Waals surface area contributed by atoms with E-state index >= 15 is 0 Å². The Labute approximate surface area is 96.1 Å². The molecule has 0 radical (unpaired) electrons. The maximum atomic E-state index is 4.74. The molecule has 1 saturated carbocycles. The molecule has 84 valence electrons. The van der Waals surface area contributed by atoms with Gasteiger partial charge in [0, 0.05) is 23.3 Å². The molecule has 0 saturated heterocycles. The molecule has 1 aliphatic rings. The second-order valence-electron chi connectivity index (χ2n) is 5.10. The number of thiazole rings is 1. The molecule has 0 aromatic carbocycles. The molecular weight excluding hydrogens is 204 g/mol. The van der Waals surface area contributed by atoms with Crippen molar-refractivity contribution in [2.45, 2.75) is 51.0 Å². The average Bonchev–Trinajstić information content (AvgIpc) is 2.49. The lowest BCUT2D eigenvalue weighted by Crippen LogP contribution is -2.38. The summed E-state index contributed by atoms with van der Waals surface area (Å²) in [6.45, 7) is 4.44. The number of hydrogen-bond acceptors (Lipinski definition) is 3. The summed E-state index contributed by atoms with van der Waals surface area (Å²) in [6.07, 6.45) is 5.11. The predicted octanol–water partition coefficient (Wildman–Crippen LogP) is 2.95. The van der Waals surface area contributed by atoms with Crippen LogP contribution in [0.3, 0.4) is 0 Å². The second-order valence-corrected chi connectivity index (χ2v) is 6.05. The molecule has 0 aliphatic heterocycles. The third kappa shape index (κ3) is 2.58. The fourth-order valence-corrected chi connectivity index (χ4v) is 2.87. The first-order chi connectivity index (χ1) is 7.11. The van der Waals surface area contributed by atoms with Gasteiger partial charge >= 0.3 is 0 Å². The number of aromatic nitrogens is 1. The lowest BCUT2D eigenvalue weighted by molar-refractivity contribution is 0.405. The molecule has 1 N–H and O–H groups in total. The van der Waals surface area contributed by atoms with Crippen LogP contribution < -0.4 is 5.32 Å². The smallest absolute Gasteiger partial charge is 0.0946 e. The molecule has 0 bridgehead atoms. The van der Waals surface area contributed by atoms with Gasteiger partial charge in [0.15, 0.2) is 0 Å². The van der Waals surface area contributed by atoms with Crippen LogP contribution in [0.1, 0.15) is 49.7 Å². The van der Waals surface area contributed by atoms with Gasteiger partial charge in [-0.25, -0.2) is 4.98 Å². The molecule has 1 aliphatic carbocycles. The molecule has 15 heavy (non-hydrogen) atoms. The Bertz CT molecular complexity index is 326. The van der Waals surface area contributed by atoms with Crippen molar-refractivity contribution >= 4 is 11.3 Å². The van der Waals surface area contributed by atoms with E-state index < -0.39 is 0 Å². The van der Waals surface area contributed by atoms with Gasteiger partial charge in [0.1, 0.15) is 0 Å². The first-order valence-electron chi connectivity index (χ1n) is 5.74. The summed E-state index contributed by atoms with van der Waals surface area (Å²) in [5, 5.41) is 6.85. The fourth-order valence-electron chi connectivity index (χ4n) is 1.76. The summed E-state index contributed by atoms with van der Waals surface area (Å²) < 4.78 is 0. The lowest BCUT2D eigenvalue weighted by Gasteiger charge is -2.24. The maximum Gasteiger partial charge on any atom is 0.0946 e. The van der Waals surface area contributed by atoms with Gasteiger partial charge in [0.25, 0.3) is 0 Å². The van der Waals surface area contributed by atoms with Gasteiger partial charge in [-0.2, -0.15) is 0 Å². The number of nitrogens with one attached hydrogen (secondary N) is 1. The van der Waals surface area contributed by atoms with Crippen molar-refractivity contribution in [1.29, 1.82) is 0 Å². The van der Waals surface area contributed by atoms with Crippen molar-refractivity contribution in [2.75, 3.05) is 7.05 Å². The van der Waals surface area contributed by atoms with Gasteiger partial charge in [-0.15, -0.1) is 11.3 Å². The van der Waals surface area contributed by atoms with Crippen molar-refractivity contribution in [3.8, 4) is 0 Å². The van der Waals surface area contributed by atoms with Crippen molar-refractivity contribution < 1.29 is 0 Å². The SMILES string of the molecule is CNC(C)(C)Cc1nc(C2CCC2)cs1. The third-order valence-corrected chi connectivity index (χ3v) is 4.23. The molecule has 1 aromatic heterocycles. The topological polar surface area (TPSA) is 24.9 Å². The highest BCUT2D eigenvalue weighted by atomic mass is 32.1. The molecular formula is C12H20N2S. The fraction of sp³-hybridized carbons (Fsp3) is 0.750. The summed E-state index contributed by atoms with van der Waals surface area (Å²) in [6, 6.07) is 0. The number of nitrogens with zero attached hydrogens (tertiary/aromatic N) is 1. The van der Waals surface area contributed by atoms with Crippen molar-refractivity contribution in [1.82, 2.24) is 10.3 Å². The van der Waals surface area contributed by atoms with Crippen LogP contribution in [0.2, 0.25) is 0 Å². The standard InChI is InChI=1S/C12H20N2S/c1-12(2,13-3)7-11-14-10(8-15-11)9-5-4-6-9/h8-9,13H,4-7H2,1-3H3. The van der Waals surface area contributed by atoms with Crippen LogP contribution in [0, 0.1) is 0 Å². The Morgan fingerprint density at radius 3 is 2.80 bits per heavy atom. The minimum absolute atomic E-state index is 0.161. The van der Waals surface area contributed by atoms with Crippen molar-refractivity contribution in [3.05, 3.63) is 16.1 Å². The van der Waals surface area contributed by atoms with Gasteiger partial charge in [-0.05, 0) is 33.7 Å². The van der Waals surface area contributed by atoms with Crippen LogP contribution in [0.4, 0.5) is 0 Å². The van der Waals surface area contributed by atoms with E-state index in [4.69, 9.17) is 4.98 Å². The number of likely N-dealkylation sites (N-methyl/N-ethyl adjacent to an activating group) is 1. The molecule has 1 fully saturated rings. The highest BCUT2D eigenvalue weighted by Gasteiger charge is 2.23. The monoisotopic (exact) mass is 224 g/mol. The Morgan fingerprint density at radius 1 is 1.53 bits per heavy atom. The zero-order chi connectivity index (χ0) is 10.9. The molecule has 2 rings (SSSR count).